The number of rotatable bonds is 3. The van der Waals surface area contributed by atoms with Gasteiger partial charge < -0.3 is 10.2 Å². The van der Waals surface area contributed by atoms with Crippen LogP contribution >= 0.6 is 11.8 Å². The molecule has 7 heteroatoms. The highest BCUT2D eigenvalue weighted by atomic mass is 32.2. The maximum absolute atomic E-state index is 12.3. The summed E-state index contributed by atoms with van der Waals surface area (Å²) in [5.74, 6) is 2.29. The van der Waals surface area contributed by atoms with Gasteiger partial charge in [0.25, 0.3) is 5.56 Å². The second-order valence-corrected chi connectivity index (χ2v) is 6.13. The van der Waals surface area contributed by atoms with Crippen molar-refractivity contribution in [3.05, 3.63) is 32.6 Å². The number of terminal acetylenes is 1. The zero-order valence-corrected chi connectivity index (χ0v) is 11.8. The first-order valence-corrected chi connectivity index (χ1v) is 7.14. The van der Waals surface area contributed by atoms with Crippen LogP contribution in [0.5, 0.6) is 0 Å². The Bertz CT molecular complexity index is 658. The molecule has 3 atom stereocenters. The van der Waals surface area contributed by atoms with E-state index in [1.54, 1.807) is 6.92 Å². The fraction of sp³-hybridized carbons (Fsp3) is 0.538. The van der Waals surface area contributed by atoms with Crippen molar-refractivity contribution >= 4 is 11.8 Å². The monoisotopic (exact) mass is 296 g/mol. The van der Waals surface area contributed by atoms with Crippen molar-refractivity contribution in [2.24, 2.45) is 0 Å². The van der Waals surface area contributed by atoms with Gasteiger partial charge in [0.05, 0.1) is 29.9 Å². The van der Waals surface area contributed by atoms with Gasteiger partial charge in [-0.2, -0.15) is 0 Å². The molecule has 1 aliphatic rings. The van der Waals surface area contributed by atoms with Crippen molar-refractivity contribution in [3.63, 3.8) is 0 Å². The number of nitrogens with zero attached hydrogens (tertiary/aromatic N) is 2. The summed E-state index contributed by atoms with van der Waals surface area (Å²) in [5.41, 5.74) is -0.462. The molecule has 0 spiro atoms. The number of aliphatic hydroxyl groups excluding tert-OH is 2. The van der Waals surface area contributed by atoms with Crippen molar-refractivity contribution in [2.45, 2.75) is 36.6 Å². The average Bonchev–Trinajstić information content (AvgIpc) is 2.80. The van der Waals surface area contributed by atoms with Crippen LogP contribution in [0.2, 0.25) is 0 Å². The number of aromatic nitrogens is 2. The Morgan fingerprint density at radius 1 is 1.55 bits per heavy atom. The maximum atomic E-state index is 12.3. The van der Waals surface area contributed by atoms with Gasteiger partial charge in [-0.1, -0.05) is 5.92 Å². The third-order valence-electron chi connectivity index (χ3n) is 3.31. The van der Waals surface area contributed by atoms with Crippen molar-refractivity contribution in [2.75, 3.05) is 6.61 Å². The largest absolute Gasteiger partial charge is 0.395 e. The zero-order chi connectivity index (χ0) is 14.9. The number of hydrogen-bond donors (Lipinski definition) is 2. The van der Waals surface area contributed by atoms with E-state index < -0.39 is 17.4 Å². The Morgan fingerprint density at radius 3 is 2.80 bits per heavy atom. The molecule has 0 saturated carbocycles. The number of aryl methyl sites for hydroxylation is 1. The molecule has 1 saturated heterocycles. The van der Waals surface area contributed by atoms with Crippen LogP contribution in [0.4, 0.5) is 0 Å². The first kappa shape index (κ1) is 14.9. The van der Waals surface area contributed by atoms with E-state index in [2.05, 4.69) is 5.92 Å². The summed E-state index contributed by atoms with van der Waals surface area (Å²) in [7, 11) is 0. The van der Waals surface area contributed by atoms with Gasteiger partial charge in [-0.15, -0.1) is 18.2 Å². The van der Waals surface area contributed by atoms with Crippen molar-refractivity contribution < 1.29 is 10.2 Å². The number of hydrogen-bond acceptors (Lipinski definition) is 5. The molecular formula is C13H16N2O4S. The van der Waals surface area contributed by atoms with Gasteiger partial charge in [-0.3, -0.25) is 9.36 Å². The van der Waals surface area contributed by atoms with E-state index in [1.807, 2.05) is 0 Å². The first-order chi connectivity index (χ1) is 9.49. The van der Waals surface area contributed by atoms with Gasteiger partial charge in [-0.25, -0.2) is 9.36 Å². The highest BCUT2D eigenvalue weighted by molar-refractivity contribution is 8.00. The second-order valence-electron chi connectivity index (χ2n) is 4.71. The summed E-state index contributed by atoms with van der Waals surface area (Å²) < 4.78 is 2.42. The topological polar surface area (TPSA) is 84.5 Å². The second kappa shape index (κ2) is 5.87. The van der Waals surface area contributed by atoms with Crippen LogP contribution in [0.3, 0.4) is 0 Å². The molecule has 0 amide bonds. The van der Waals surface area contributed by atoms with E-state index in [4.69, 9.17) is 11.5 Å². The number of thioether (sulfide) groups is 1. The third kappa shape index (κ3) is 2.54. The normalized spacial score (nSPS) is 25.6. The smallest absolute Gasteiger partial charge is 0.332 e. The van der Waals surface area contributed by atoms with E-state index >= 15 is 0 Å². The molecule has 2 heterocycles. The molecule has 0 radical (unpaired) electrons. The van der Waals surface area contributed by atoms with Crippen LogP contribution in [0.1, 0.15) is 17.4 Å². The Morgan fingerprint density at radius 2 is 2.25 bits per heavy atom. The Hall–Kier alpha value is -1.49. The minimum Gasteiger partial charge on any atom is -0.395 e. The van der Waals surface area contributed by atoms with Gasteiger partial charge in [0.15, 0.2) is 0 Å². The van der Waals surface area contributed by atoms with Crippen molar-refractivity contribution in [1.29, 1.82) is 0 Å². The highest BCUT2D eigenvalue weighted by Gasteiger charge is 2.35. The predicted octanol–water partition coefficient (Wildman–Crippen LogP) is -0.691. The van der Waals surface area contributed by atoms with E-state index in [0.717, 1.165) is 4.57 Å². The van der Waals surface area contributed by atoms with Crippen molar-refractivity contribution in [1.82, 2.24) is 9.13 Å². The lowest BCUT2D eigenvalue weighted by atomic mass is 10.2. The summed E-state index contributed by atoms with van der Waals surface area (Å²) in [5, 5.41) is 18.3. The lowest BCUT2D eigenvalue weighted by Gasteiger charge is -2.15. The van der Waals surface area contributed by atoms with Crippen LogP contribution in [0, 0.1) is 19.3 Å². The molecule has 1 fully saturated rings. The van der Waals surface area contributed by atoms with Crippen molar-refractivity contribution in [3.8, 4) is 12.3 Å². The molecule has 108 valence electrons. The predicted molar refractivity (Wildman–Crippen MR) is 76.7 cm³/mol. The molecule has 1 aliphatic heterocycles. The summed E-state index contributed by atoms with van der Waals surface area (Å²) in [6, 6.07) is 0. The summed E-state index contributed by atoms with van der Waals surface area (Å²) in [4.78, 5) is 24.2. The average molecular weight is 296 g/mol. The molecule has 20 heavy (non-hydrogen) atoms. The lowest BCUT2D eigenvalue weighted by molar-refractivity contribution is 0.137. The summed E-state index contributed by atoms with van der Waals surface area (Å²) in [6.07, 6.45) is 6.35. The maximum Gasteiger partial charge on any atom is 0.332 e. The van der Waals surface area contributed by atoms with Crippen LogP contribution < -0.4 is 11.2 Å². The molecule has 6 nitrogen and oxygen atoms in total. The molecule has 0 bridgehead atoms. The van der Waals surface area contributed by atoms with Gasteiger partial charge in [0.1, 0.15) is 0 Å². The molecule has 0 aliphatic carbocycles. The highest BCUT2D eigenvalue weighted by Crippen LogP contribution is 2.40. The summed E-state index contributed by atoms with van der Waals surface area (Å²) in [6.45, 7) is 1.38. The van der Waals surface area contributed by atoms with E-state index in [0.29, 0.717) is 12.0 Å². The number of aliphatic hydroxyl groups is 2. The standard InChI is InChI=1S/C13H16N2O4S/c1-3-4-14-12(18)8(2)6-15(13(14)19)11-5-9(17)10(7-16)20-11/h1,6,9-11,16-17H,4-5,7H2,2H3/t9?,10-,11?/m1/s1. The Labute approximate surface area is 120 Å². The quantitative estimate of drug-likeness (QED) is 0.721. The molecule has 1 aromatic rings. The molecule has 2 rings (SSSR count). The van der Waals surface area contributed by atoms with Gasteiger partial charge >= 0.3 is 5.69 Å². The van der Waals surface area contributed by atoms with Gasteiger partial charge in [0, 0.05) is 18.2 Å². The van der Waals surface area contributed by atoms with Crippen LogP contribution in [-0.4, -0.2) is 37.3 Å². The van der Waals surface area contributed by atoms with E-state index in [9.17, 15) is 14.7 Å². The van der Waals surface area contributed by atoms with Gasteiger partial charge in [-0.05, 0) is 6.92 Å². The lowest BCUT2D eigenvalue weighted by Crippen LogP contribution is -2.41. The Kier molecular flexibility index (Phi) is 4.38. The minimum absolute atomic E-state index is 0.0806. The van der Waals surface area contributed by atoms with Crippen LogP contribution in [0.15, 0.2) is 15.8 Å². The molecular weight excluding hydrogens is 280 g/mol. The SMILES string of the molecule is C#CCn1c(=O)c(C)cn(C2CC(O)[C@@H](CO)S2)c1=O. The third-order valence-corrected chi connectivity index (χ3v) is 4.86. The molecule has 2 N–H and O–H groups in total. The minimum atomic E-state index is -0.671. The molecule has 0 aromatic carbocycles. The fourth-order valence-electron chi connectivity index (χ4n) is 2.25. The van der Waals surface area contributed by atoms with Crippen LogP contribution in [0.25, 0.3) is 0 Å². The molecule has 2 unspecified atom stereocenters. The molecule has 1 aromatic heterocycles. The summed E-state index contributed by atoms with van der Waals surface area (Å²) >= 11 is 1.32. The first-order valence-electron chi connectivity index (χ1n) is 6.20. The fourth-order valence-corrected chi connectivity index (χ4v) is 3.62. The van der Waals surface area contributed by atoms with Gasteiger partial charge in [0.2, 0.25) is 0 Å². The zero-order valence-electron chi connectivity index (χ0n) is 11.0. The Balaban J connectivity index is 2.47. The van der Waals surface area contributed by atoms with E-state index in [-0.39, 0.29) is 23.8 Å². The van der Waals surface area contributed by atoms with Crippen LogP contribution in [-0.2, 0) is 6.54 Å². The van der Waals surface area contributed by atoms with E-state index in [1.165, 1.54) is 22.5 Å².